The molecule has 0 bridgehead atoms. The Balaban J connectivity index is 1.63. The lowest BCUT2D eigenvalue weighted by Gasteiger charge is -2.32. The number of likely N-dealkylation sites (tertiary alicyclic amines) is 1. The van der Waals surface area contributed by atoms with Crippen LogP contribution in [0.4, 0.5) is 0 Å². The molecule has 1 amide bonds. The maximum absolute atomic E-state index is 12.6. The summed E-state index contributed by atoms with van der Waals surface area (Å²) in [4.78, 5) is 29.7. The summed E-state index contributed by atoms with van der Waals surface area (Å²) in [6, 6.07) is 8.72. The number of benzene rings is 1. The quantitative estimate of drug-likeness (QED) is 0.829. The van der Waals surface area contributed by atoms with Gasteiger partial charge in [0.2, 0.25) is 0 Å². The van der Waals surface area contributed by atoms with Gasteiger partial charge in [-0.25, -0.2) is 0 Å². The minimum Gasteiger partial charge on any atom is -0.367 e. The number of nitrogens with zero attached hydrogens (tertiary/aromatic N) is 1. The highest BCUT2D eigenvalue weighted by atomic mass is 16.2. The van der Waals surface area contributed by atoms with Crippen molar-refractivity contribution in [2.45, 2.75) is 12.8 Å². The highest BCUT2D eigenvalue weighted by molar-refractivity contribution is 6.09. The van der Waals surface area contributed by atoms with Crippen molar-refractivity contribution in [3.05, 3.63) is 59.4 Å². The van der Waals surface area contributed by atoms with Crippen LogP contribution in [-0.4, -0.2) is 48.3 Å². The Morgan fingerprint density at radius 2 is 1.75 bits per heavy atom. The van der Waals surface area contributed by atoms with E-state index >= 15 is 0 Å². The molecule has 0 aliphatic carbocycles. The average Bonchev–Trinajstić information content (AvgIpc) is 3.16. The molecule has 2 N–H and O–H groups in total. The Kier molecular flexibility index (Phi) is 5.11. The molecule has 0 spiro atoms. The molecule has 2 aromatic rings. The number of amides is 1. The van der Waals surface area contributed by atoms with Crippen molar-refractivity contribution >= 4 is 11.7 Å². The van der Waals surface area contributed by atoms with Crippen LogP contribution in [0.3, 0.4) is 0 Å². The molecular formula is C19H23N3O2. The standard InChI is InChI=1S/C19H23N3O2/c1-20-12-14-7-10-22(11-8-14)19(24)16-4-2-15(3-5-16)18(23)17-6-9-21-13-17/h2-6,9,13-14,20-21H,7-8,10-12H2,1H3. The van der Waals surface area contributed by atoms with Gasteiger partial charge in [-0.1, -0.05) is 12.1 Å². The Hall–Kier alpha value is -2.40. The van der Waals surface area contributed by atoms with Crippen molar-refractivity contribution in [1.82, 2.24) is 15.2 Å². The fourth-order valence-electron chi connectivity index (χ4n) is 3.21. The van der Waals surface area contributed by atoms with Gasteiger partial charge in [0, 0.05) is 42.2 Å². The van der Waals surface area contributed by atoms with Crippen LogP contribution >= 0.6 is 0 Å². The van der Waals surface area contributed by atoms with Crippen molar-refractivity contribution in [3.8, 4) is 0 Å². The van der Waals surface area contributed by atoms with Gasteiger partial charge in [-0.15, -0.1) is 0 Å². The van der Waals surface area contributed by atoms with E-state index in [2.05, 4.69) is 10.3 Å². The minimum atomic E-state index is -0.0388. The first-order valence-corrected chi connectivity index (χ1v) is 8.40. The predicted molar refractivity (Wildman–Crippen MR) is 93.2 cm³/mol. The number of piperidine rings is 1. The largest absolute Gasteiger partial charge is 0.367 e. The summed E-state index contributed by atoms with van der Waals surface area (Å²) in [6.07, 6.45) is 5.48. The minimum absolute atomic E-state index is 0.0388. The van der Waals surface area contributed by atoms with Gasteiger partial charge < -0.3 is 15.2 Å². The topological polar surface area (TPSA) is 65.2 Å². The van der Waals surface area contributed by atoms with Crippen LogP contribution in [0.15, 0.2) is 42.7 Å². The van der Waals surface area contributed by atoms with E-state index in [-0.39, 0.29) is 11.7 Å². The van der Waals surface area contributed by atoms with Gasteiger partial charge in [-0.05, 0) is 50.6 Å². The molecule has 126 valence electrons. The van der Waals surface area contributed by atoms with Crippen LogP contribution in [0.2, 0.25) is 0 Å². The smallest absolute Gasteiger partial charge is 0.253 e. The molecule has 1 saturated heterocycles. The molecule has 3 rings (SSSR count). The summed E-state index contributed by atoms with van der Waals surface area (Å²) in [5.41, 5.74) is 1.87. The lowest BCUT2D eigenvalue weighted by atomic mass is 9.96. The van der Waals surface area contributed by atoms with E-state index in [1.165, 1.54) is 0 Å². The number of rotatable bonds is 5. The van der Waals surface area contributed by atoms with Crippen LogP contribution < -0.4 is 5.32 Å². The Morgan fingerprint density at radius 3 is 2.33 bits per heavy atom. The van der Waals surface area contributed by atoms with E-state index in [0.29, 0.717) is 22.6 Å². The maximum atomic E-state index is 12.6. The third-order valence-electron chi connectivity index (χ3n) is 4.65. The summed E-state index contributed by atoms with van der Waals surface area (Å²) >= 11 is 0. The Bertz CT molecular complexity index is 684. The molecule has 24 heavy (non-hydrogen) atoms. The van der Waals surface area contributed by atoms with Crippen LogP contribution in [0.25, 0.3) is 0 Å². The second-order valence-electron chi connectivity index (χ2n) is 6.30. The van der Waals surface area contributed by atoms with Crippen molar-refractivity contribution in [2.75, 3.05) is 26.7 Å². The summed E-state index contributed by atoms with van der Waals surface area (Å²) in [7, 11) is 1.97. The number of nitrogens with one attached hydrogen (secondary N) is 2. The molecule has 1 fully saturated rings. The molecule has 0 atom stereocenters. The molecule has 0 saturated carbocycles. The number of carbonyl (C=O) groups is 2. The second kappa shape index (κ2) is 7.45. The molecule has 1 aliphatic heterocycles. The molecule has 1 aromatic carbocycles. The highest BCUT2D eigenvalue weighted by Crippen LogP contribution is 2.19. The van der Waals surface area contributed by atoms with Gasteiger partial charge in [0.05, 0.1) is 0 Å². The van der Waals surface area contributed by atoms with Crippen molar-refractivity contribution in [1.29, 1.82) is 0 Å². The molecule has 5 nitrogen and oxygen atoms in total. The lowest BCUT2D eigenvalue weighted by molar-refractivity contribution is 0.0690. The van der Waals surface area contributed by atoms with Crippen molar-refractivity contribution in [3.63, 3.8) is 0 Å². The van der Waals surface area contributed by atoms with E-state index in [4.69, 9.17) is 0 Å². The predicted octanol–water partition coefficient (Wildman–Crippen LogP) is 2.32. The van der Waals surface area contributed by atoms with Crippen LogP contribution in [0.1, 0.15) is 39.1 Å². The fraction of sp³-hybridized carbons (Fsp3) is 0.368. The maximum Gasteiger partial charge on any atom is 0.253 e. The van der Waals surface area contributed by atoms with Crippen molar-refractivity contribution < 1.29 is 9.59 Å². The first-order chi connectivity index (χ1) is 11.7. The number of aromatic nitrogens is 1. The zero-order chi connectivity index (χ0) is 16.9. The van der Waals surface area contributed by atoms with Gasteiger partial charge in [0.1, 0.15) is 0 Å². The molecule has 1 aliphatic rings. The summed E-state index contributed by atoms with van der Waals surface area (Å²) in [5.74, 6) is 0.669. The summed E-state index contributed by atoms with van der Waals surface area (Å²) in [5, 5.41) is 3.20. The SMILES string of the molecule is CNCC1CCN(C(=O)c2ccc(C(=O)c3cc[nH]c3)cc2)CC1. The van der Waals surface area contributed by atoms with Gasteiger partial charge in [-0.2, -0.15) is 0 Å². The Morgan fingerprint density at radius 1 is 1.08 bits per heavy atom. The summed E-state index contributed by atoms with van der Waals surface area (Å²) in [6.45, 7) is 2.61. The zero-order valence-electron chi connectivity index (χ0n) is 13.9. The summed E-state index contributed by atoms with van der Waals surface area (Å²) < 4.78 is 0. The van der Waals surface area contributed by atoms with E-state index in [1.54, 1.807) is 42.7 Å². The van der Waals surface area contributed by atoms with Gasteiger partial charge in [-0.3, -0.25) is 9.59 Å². The molecule has 2 heterocycles. The van der Waals surface area contributed by atoms with Gasteiger partial charge in [0.25, 0.3) is 5.91 Å². The van der Waals surface area contributed by atoms with Crippen LogP contribution in [-0.2, 0) is 0 Å². The molecule has 0 unspecified atom stereocenters. The van der Waals surface area contributed by atoms with E-state index in [9.17, 15) is 9.59 Å². The number of aromatic amines is 1. The third kappa shape index (κ3) is 3.57. The lowest BCUT2D eigenvalue weighted by Crippen LogP contribution is -2.40. The number of ketones is 1. The number of hydrogen-bond acceptors (Lipinski definition) is 3. The normalized spacial score (nSPS) is 15.5. The molecular weight excluding hydrogens is 302 g/mol. The van der Waals surface area contributed by atoms with Crippen LogP contribution in [0.5, 0.6) is 0 Å². The molecule has 1 aromatic heterocycles. The van der Waals surface area contributed by atoms with E-state index in [1.807, 2.05) is 11.9 Å². The number of carbonyl (C=O) groups excluding carboxylic acids is 2. The molecule has 5 heteroatoms. The number of H-pyrrole nitrogens is 1. The zero-order valence-corrected chi connectivity index (χ0v) is 13.9. The van der Waals surface area contributed by atoms with E-state index < -0.39 is 0 Å². The van der Waals surface area contributed by atoms with E-state index in [0.717, 1.165) is 32.5 Å². The number of hydrogen-bond donors (Lipinski definition) is 2. The average molecular weight is 325 g/mol. The Labute approximate surface area is 142 Å². The third-order valence-corrected chi connectivity index (χ3v) is 4.65. The highest BCUT2D eigenvalue weighted by Gasteiger charge is 2.23. The first-order valence-electron chi connectivity index (χ1n) is 8.40. The molecule has 0 radical (unpaired) electrons. The van der Waals surface area contributed by atoms with Crippen LogP contribution in [0, 0.1) is 5.92 Å². The van der Waals surface area contributed by atoms with Crippen molar-refractivity contribution in [2.24, 2.45) is 5.92 Å². The first kappa shape index (κ1) is 16.5. The second-order valence-corrected chi connectivity index (χ2v) is 6.30. The van der Waals surface area contributed by atoms with Gasteiger partial charge >= 0.3 is 0 Å². The fourth-order valence-corrected chi connectivity index (χ4v) is 3.21. The van der Waals surface area contributed by atoms with Gasteiger partial charge in [0.15, 0.2) is 5.78 Å². The monoisotopic (exact) mass is 325 g/mol.